The summed E-state index contributed by atoms with van der Waals surface area (Å²) in [7, 11) is 0. The second-order valence-electron chi connectivity index (χ2n) is 1.47. The number of amides is 2. The highest BCUT2D eigenvalue weighted by molar-refractivity contribution is 6.01. The van der Waals surface area contributed by atoms with E-state index < -0.39 is 0 Å². The van der Waals surface area contributed by atoms with E-state index in [-0.39, 0.29) is 34.9 Å². The molecule has 0 atom stereocenters. The van der Waals surface area contributed by atoms with Gasteiger partial charge in [0.25, 0.3) is 0 Å². The van der Waals surface area contributed by atoms with Crippen molar-refractivity contribution in [3.05, 3.63) is 0 Å². The third kappa shape index (κ3) is 1.79. The molecule has 3 nitrogen and oxygen atoms in total. The van der Waals surface area contributed by atoms with Crippen molar-refractivity contribution >= 4 is 34.9 Å². The van der Waals surface area contributed by atoms with Crippen molar-refractivity contribution in [2.75, 3.05) is 0 Å². The minimum Gasteiger partial charge on any atom is -0.296 e. The first-order chi connectivity index (χ1) is 3.29. The zero-order valence-corrected chi connectivity index (χ0v) is 5.85. The highest BCUT2D eigenvalue weighted by atomic mass is 24.3. The normalized spacial score (nSPS) is 17.5. The summed E-state index contributed by atoms with van der Waals surface area (Å²) in [6.45, 7) is 0. The van der Waals surface area contributed by atoms with Crippen LogP contribution in [0.5, 0.6) is 0 Å². The molecule has 0 aromatic carbocycles. The zero-order chi connectivity index (χ0) is 5.28. The van der Waals surface area contributed by atoms with Gasteiger partial charge in [-0.05, 0) is 0 Å². The number of carbonyl (C=O) groups is 2. The first kappa shape index (κ1) is 7.91. The minimum atomic E-state index is -0.148. The molecule has 0 unspecified atom stereocenters. The molecule has 8 heavy (non-hydrogen) atoms. The number of rotatable bonds is 0. The molecule has 0 bridgehead atoms. The van der Waals surface area contributed by atoms with Crippen LogP contribution in [0.2, 0.25) is 0 Å². The highest BCUT2D eigenvalue weighted by Gasteiger charge is 2.15. The fraction of sp³-hybridized carbons (Fsp3) is 0.500. The maximum atomic E-state index is 10.1. The Labute approximate surface area is 63.0 Å². The third-order valence-corrected chi connectivity index (χ3v) is 0.858. The Morgan fingerprint density at radius 3 is 1.62 bits per heavy atom. The molecule has 0 aromatic heterocycles. The lowest BCUT2D eigenvalue weighted by molar-refractivity contribution is -0.124. The summed E-state index contributed by atoms with van der Waals surface area (Å²) < 4.78 is 0. The SMILES string of the molecule is O=C1CCC(=O)N1.[Mg]. The van der Waals surface area contributed by atoms with Gasteiger partial charge in [0.15, 0.2) is 0 Å². The van der Waals surface area contributed by atoms with Crippen molar-refractivity contribution in [1.82, 2.24) is 5.32 Å². The maximum absolute atomic E-state index is 10.1. The highest BCUT2D eigenvalue weighted by Crippen LogP contribution is 1.95. The number of carbonyl (C=O) groups excluding carboxylic acids is 2. The molecule has 0 aromatic rings. The third-order valence-electron chi connectivity index (χ3n) is 0.858. The van der Waals surface area contributed by atoms with Crippen LogP contribution in [0.25, 0.3) is 0 Å². The van der Waals surface area contributed by atoms with Crippen LogP contribution in [-0.2, 0) is 9.59 Å². The van der Waals surface area contributed by atoms with Gasteiger partial charge in [0.1, 0.15) is 0 Å². The van der Waals surface area contributed by atoms with Gasteiger partial charge in [-0.25, -0.2) is 0 Å². The predicted molar refractivity (Wildman–Crippen MR) is 28.1 cm³/mol. The molecule has 1 saturated heterocycles. The van der Waals surface area contributed by atoms with E-state index in [0.29, 0.717) is 12.8 Å². The molecule has 40 valence electrons. The van der Waals surface area contributed by atoms with Crippen LogP contribution in [-0.4, -0.2) is 34.9 Å². The zero-order valence-electron chi connectivity index (χ0n) is 4.44. The molecule has 1 aliphatic rings. The summed E-state index contributed by atoms with van der Waals surface area (Å²) >= 11 is 0. The summed E-state index contributed by atoms with van der Waals surface area (Å²) in [5.41, 5.74) is 0. The van der Waals surface area contributed by atoms with Gasteiger partial charge >= 0.3 is 0 Å². The first-order valence-electron chi connectivity index (χ1n) is 2.12. The largest absolute Gasteiger partial charge is 0.296 e. The summed E-state index contributed by atoms with van der Waals surface area (Å²) in [5.74, 6) is -0.296. The van der Waals surface area contributed by atoms with Crippen LogP contribution < -0.4 is 5.32 Å². The van der Waals surface area contributed by atoms with Crippen LogP contribution in [0.3, 0.4) is 0 Å². The predicted octanol–water partition coefficient (Wildman–Crippen LogP) is -0.958. The van der Waals surface area contributed by atoms with Crippen molar-refractivity contribution in [3.63, 3.8) is 0 Å². The number of imide groups is 1. The number of nitrogens with one attached hydrogen (secondary N) is 1. The van der Waals surface area contributed by atoms with Gasteiger partial charge in [0.2, 0.25) is 11.8 Å². The second-order valence-corrected chi connectivity index (χ2v) is 1.47. The van der Waals surface area contributed by atoms with E-state index in [1.807, 2.05) is 0 Å². The minimum absolute atomic E-state index is 0. The molecule has 0 aliphatic carbocycles. The van der Waals surface area contributed by atoms with Crippen molar-refractivity contribution in [3.8, 4) is 0 Å². The number of hydrogen-bond acceptors (Lipinski definition) is 2. The van der Waals surface area contributed by atoms with Crippen molar-refractivity contribution in [1.29, 1.82) is 0 Å². The Hall–Kier alpha value is -0.0938. The average Bonchev–Trinajstić information content (AvgIpc) is 1.87. The first-order valence-corrected chi connectivity index (χ1v) is 2.12. The molecule has 2 amide bonds. The van der Waals surface area contributed by atoms with E-state index in [1.54, 1.807) is 0 Å². The molecule has 1 fully saturated rings. The lowest BCUT2D eigenvalue weighted by atomic mass is 10.4. The Balaban J connectivity index is 0.000000490. The summed E-state index contributed by atoms with van der Waals surface area (Å²) in [6.07, 6.45) is 0.748. The van der Waals surface area contributed by atoms with Gasteiger partial charge in [-0.1, -0.05) is 0 Å². The molecule has 0 spiro atoms. The summed E-state index contributed by atoms with van der Waals surface area (Å²) in [5, 5.41) is 2.14. The summed E-state index contributed by atoms with van der Waals surface area (Å²) in [6, 6.07) is 0. The summed E-state index contributed by atoms with van der Waals surface area (Å²) in [4.78, 5) is 20.2. The van der Waals surface area contributed by atoms with Gasteiger partial charge in [0.05, 0.1) is 0 Å². The lowest BCUT2D eigenvalue weighted by Crippen LogP contribution is -2.18. The molecule has 2 radical (unpaired) electrons. The molecule has 1 rings (SSSR count). The molecule has 4 heteroatoms. The van der Waals surface area contributed by atoms with Crippen LogP contribution >= 0.6 is 0 Å². The Morgan fingerprint density at radius 2 is 1.50 bits per heavy atom. The smallest absolute Gasteiger partial charge is 0.227 e. The van der Waals surface area contributed by atoms with Crippen molar-refractivity contribution in [2.24, 2.45) is 0 Å². The lowest BCUT2D eigenvalue weighted by Gasteiger charge is -1.79. The van der Waals surface area contributed by atoms with Gasteiger partial charge in [-0.2, -0.15) is 0 Å². The fourth-order valence-corrected chi connectivity index (χ4v) is 0.508. The van der Waals surface area contributed by atoms with E-state index in [0.717, 1.165) is 0 Å². The molecule has 1 N–H and O–H groups in total. The van der Waals surface area contributed by atoms with Crippen molar-refractivity contribution < 1.29 is 9.59 Å². The van der Waals surface area contributed by atoms with E-state index in [2.05, 4.69) is 5.32 Å². The van der Waals surface area contributed by atoms with Crippen molar-refractivity contribution in [2.45, 2.75) is 12.8 Å². The molecule has 0 saturated carbocycles. The van der Waals surface area contributed by atoms with Gasteiger partial charge in [-0.3, -0.25) is 14.9 Å². The monoisotopic (exact) mass is 123 g/mol. The second kappa shape index (κ2) is 3.04. The van der Waals surface area contributed by atoms with E-state index >= 15 is 0 Å². The van der Waals surface area contributed by atoms with E-state index in [1.165, 1.54) is 0 Å². The van der Waals surface area contributed by atoms with Gasteiger partial charge in [-0.15, -0.1) is 0 Å². The topological polar surface area (TPSA) is 46.2 Å². The molecular formula is C4H5MgNO2. The number of hydrogen-bond donors (Lipinski definition) is 1. The molecule has 1 aliphatic heterocycles. The molecular weight excluding hydrogens is 118 g/mol. The Kier molecular flexibility index (Phi) is 3.00. The average molecular weight is 123 g/mol. The van der Waals surface area contributed by atoms with Crippen LogP contribution in [0.1, 0.15) is 12.8 Å². The van der Waals surface area contributed by atoms with E-state index in [4.69, 9.17) is 0 Å². The fourth-order valence-electron chi connectivity index (χ4n) is 0.508. The van der Waals surface area contributed by atoms with Crippen LogP contribution in [0, 0.1) is 0 Å². The Bertz CT molecular complexity index is 109. The maximum Gasteiger partial charge on any atom is 0.227 e. The van der Waals surface area contributed by atoms with Gasteiger partial charge in [0, 0.05) is 35.9 Å². The Morgan fingerprint density at radius 1 is 1.12 bits per heavy atom. The van der Waals surface area contributed by atoms with Gasteiger partial charge < -0.3 is 0 Å². The van der Waals surface area contributed by atoms with Crippen LogP contribution in [0.4, 0.5) is 0 Å². The molecule has 1 heterocycles. The quantitative estimate of drug-likeness (QED) is 0.333. The van der Waals surface area contributed by atoms with Crippen LogP contribution in [0.15, 0.2) is 0 Å². The van der Waals surface area contributed by atoms with E-state index in [9.17, 15) is 9.59 Å². The standard InChI is InChI=1S/C4H5NO2.Mg/c6-3-1-2-4(7)5-3;/h1-2H2,(H,5,6,7);.